The van der Waals surface area contributed by atoms with E-state index in [9.17, 15) is 0 Å². The molecule has 0 N–H and O–H groups in total. The van der Waals surface area contributed by atoms with Crippen molar-refractivity contribution in [1.82, 2.24) is 4.57 Å². The second kappa shape index (κ2) is 25.5. The molecule has 0 atom stereocenters. The van der Waals surface area contributed by atoms with Gasteiger partial charge in [0.25, 0.3) is 6.71 Å². The van der Waals surface area contributed by atoms with E-state index in [1.807, 2.05) is 0 Å². The van der Waals surface area contributed by atoms with Gasteiger partial charge in [0.2, 0.25) is 0 Å². The van der Waals surface area contributed by atoms with E-state index in [4.69, 9.17) is 0 Å². The minimum absolute atomic E-state index is 0.0739. The maximum atomic E-state index is 2.62. The fraction of sp³-hybridized carbons (Fsp3) is 0.0909. The summed E-state index contributed by atoms with van der Waals surface area (Å²) in [6.07, 6.45) is 0. The van der Waals surface area contributed by atoms with Crippen molar-refractivity contribution in [2.24, 2.45) is 0 Å². The van der Waals surface area contributed by atoms with E-state index in [2.05, 4.69) is 432 Å². The first-order valence-corrected chi connectivity index (χ1v) is 38.7. The quantitative estimate of drug-likeness (QED) is 0.0842. The first-order chi connectivity index (χ1) is 50.9. The molecule has 16 aromatic rings. The van der Waals surface area contributed by atoms with E-state index < -0.39 is 13.5 Å². The Balaban J connectivity index is 0.957. The normalized spacial score (nSPS) is 12.8. The van der Waals surface area contributed by atoms with Crippen molar-refractivity contribution in [1.29, 1.82) is 0 Å². The summed E-state index contributed by atoms with van der Waals surface area (Å²) >= 11 is 0. The maximum absolute atomic E-state index is 2.93. The molecule has 0 aliphatic carbocycles. The minimum Gasteiger partial charge on any atom is -0.311 e. The van der Waals surface area contributed by atoms with E-state index in [-0.39, 0.29) is 17.5 Å². The molecule has 0 saturated heterocycles. The molecule has 18 rings (SSSR count). The van der Waals surface area contributed by atoms with Crippen molar-refractivity contribution in [2.45, 2.75) is 57.8 Å². The minimum atomic E-state index is -2.93. The van der Waals surface area contributed by atoms with Crippen LogP contribution in [0.5, 0.6) is 0 Å². The average Bonchev–Trinajstić information content (AvgIpc) is 0.813. The van der Waals surface area contributed by atoms with Crippen LogP contribution in [0.4, 0.5) is 34.1 Å². The molecule has 1 aromatic heterocycles. The molecule has 3 heterocycles. The molecule has 0 radical (unpaired) electrons. The number of benzene rings is 15. The Labute approximate surface area is 613 Å². The lowest BCUT2D eigenvalue weighted by molar-refractivity contribution is 0.590. The maximum Gasteiger partial charge on any atom is 0.252 e. The Morgan fingerprint density at radius 2 is 0.644 bits per heavy atom. The standard InChI is InChI=1S/C99H80BN3Si/c1-97(2,3)76-53-62-89-86(65-76)87-66-77(98(4,5)6)54-63-90(87)103(89)80-67-93-96-94(68-80)102(78-55-51-75(52-56-78)99(72-36-19-9-20-37-72,73-38-21-10-22-39-73)74-40-23-11-24-41-74)92-49-31-48-85(70-34-17-8-18-35-70)95(92)100(96)88-64-71(69-32-15-7-16-33-69)50-61-91(88)101(93)79-57-59-84(60-58-79)104(81-42-25-12-26-43-81,82-44-27-13-28-45-82)83-46-29-14-30-47-83/h7-68H,1-6H3. The van der Waals surface area contributed by atoms with Crippen LogP contribution < -0.4 is 46.9 Å². The molecule has 498 valence electrons. The van der Waals surface area contributed by atoms with Gasteiger partial charge in [0.1, 0.15) is 0 Å². The average molecular weight is 1350 g/mol. The molecular formula is C99H80BN3Si. The van der Waals surface area contributed by atoms with E-state index in [0.717, 1.165) is 39.8 Å². The highest BCUT2D eigenvalue weighted by atomic mass is 28.3. The summed E-state index contributed by atoms with van der Waals surface area (Å²) in [6.45, 7) is 13.8. The molecule has 0 spiro atoms. The highest BCUT2D eigenvalue weighted by Crippen LogP contribution is 2.51. The predicted octanol–water partition coefficient (Wildman–Crippen LogP) is 20.6. The van der Waals surface area contributed by atoms with Crippen LogP contribution in [0.3, 0.4) is 0 Å². The monoisotopic (exact) mass is 1350 g/mol. The van der Waals surface area contributed by atoms with Crippen LogP contribution in [-0.2, 0) is 16.2 Å². The van der Waals surface area contributed by atoms with Crippen LogP contribution in [0.2, 0.25) is 0 Å². The van der Waals surface area contributed by atoms with Crippen molar-refractivity contribution < 1.29 is 0 Å². The van der Waals surface area contributed by atoms with Crippen LogP contribution in [-0.4, -0.2) is 19.4 Å². The van der Waals surface area contributed by atoms with Crippen molar-refractivity contribution in [3.63, 3.8) is 0 Å². The predicted molar refractivity (Wildman–Crippen MR) is 445 cm³/mol. The van der Waals surface area contributed by atoms with Crippen LogP contribution >= 0.6 is 0 Å². The Kier molecular flexibility index (Phi) is 15.7. The summed E-state index contributed by atoms with van der Waals surface area (Å²) in [7, 11) is -2.93. The third-order valence-electron chi connectivity index (χ3n) is 22.4. The molecule has 2 aliphatic rings. The van der Waals surface area contributed by atoms with Crippen LogP contribution in [0, 0.1) is 0 Å². The van der Waals surface area contributed by atoms with Gasteiger partial charge in [0, 0.05) is 44.9 Å². The molecule has 0 fully saturated rings. The third kappa shape index (κ3) is 10.5. The number of anilines is 6. The van der Waals surface area contributed by atoms with Gasteiger partial charge in [-0.25, -0.2) is 0 Å². The summed E-state index contributed by atoms with van der Waals surface area (Å²) in [5.74, 6) is 0. The fourth-order valence-corrected chi connectivity index (χ4v) is 22.2. The Hall–Kier alpha value is -12.0. The van der Waals surface area contributed by atoms with Gasteiger partial charge in [-0.1, -0.05) is 345 Å². The third-order valence-corrected chi connectivity index (χ3v) is 27.2. The molecular weight excluding hydrogens is 1270 g/mol. The summed E-state index contributed by atoms with van der Waals surface area (Å²) in [4.78, 5) is 5.24. The van der Waals surface area contributed by atoms with Gasteiger partial charge in [0.05, 0.1) is 22.1 Å². The summed E-state index contributed by atoms with van der Waals surface area (Å²) < 4.78 is 2.58. The Morgan fingerprint density at radius 1 is 0.260 bits per heavy atom. The molecule has 0 amide bonds. The van der Waals surface area contributed by atoms with Gasteiger partial charge < -0.3 is 14.4 Å². The van der Waals surface area contributed by atoms with Gasteiger partial charge >= 0.3 is 0 Å². The number of nitrogens with zero attached hydrogens (tertiary/aromatic N) is 3. The fourth-order valence-electron chi connectivity index (χ4n) is 17.5. The van der Waals surface area contributed by atoms with Gasteiger partial charge in [-0.05, 0) is 176 Å². The van der Waals surface area contributed by atoms with Gasteiger partial charge in [0.15, 0.2) is 8.07 Å². The zero-order valence-corrected chi connectivity index (χ0v) is 60.7. The molecule has 3 nitrogen and oxygen atoms in total. The first-order valence-electron chi connectivity index (χ1n) is 36.7. The molecule has 0 saturated carbocycles. The molecule has 5 heteroatoms. The summed E-state index contributed by atoms with van der Waals surface area (Å²) in [6, 6.07) is 143. The van der Waals surface area contributed by atoms with E-state index >= 15 is 0 Å². The highest BCUT2D eigenvalue weighted by molar-refractivity contribution is 7.20. The van der Waals surface area contributed by atoms with Crippen molar-refractivity contribution in [3.8, 4) is 27.9 Å². The molecule has 2 aliphatic heterocycles. The number of aromatic nitrogens is 1. The smallest absolute Gasteiger partial charge is 0.252 e. The van der Waals surface area contributed by atoms with E-state index in [0.29, 0.717) is 0 Å². The topological polar surface area (TPSA) is 11.4 Å². The number of hydrogen-bond donors (Lipinski definition) is 0. The van der Waals surface area contributed by atoms with Gasteiger partial charge in [-0.3, -0.25) is 0 Å². The van der Waals surface area contributed by atoms with Crippen molar-refractivity contribution in [3.05, 3.63) is 409 Å². The Morgan fingerprint density at radius 3 is 1.10 bits per heavy atom. The second-order valence-electron chi connectivity index (χ2n) is 30.3. The molecule has 15 aromatic carbocycles. The van der Waals surface area contributed by atoms with Crippen molar-refractivity contribution >= 4 is 108 Å². The van der Waals surface area contributed by atoms with E-state index in [1.165, 1.54) is 115 Å². The lowest BCUT2D eigenvalue weighted by Crippen LogP contribution is -2.74. The second-order valence-corrected chi connectivity index (χ2v) is 34.1. The first kappa shape index (κ1) is 64.1. The number of rotatable bonds is 13. The summed E-state index contributed by atoms with van der Waals surface area (Å²) in [5, 5.41) is 7.84. The van der Waals surface area contributed by atoms with E-state index in [1.54, 1.807) is 0 Å². The zero-order chi connectivity index (χ0) is 70.3. The summed E-state index contributed by atoms with van der Waals surface area (Å²) in [5.41, 5.74) is 25.2. The number of fused-ring (bicyclic) bond motifs is 7. The zero-order valence-electron chi connectivity index (χ0n) is 59.7. The van der Waals surface area contributed by atoms with Gasteiger partial charge in [-0.2, -0.15) is 0 Å². The molecule has 0 bridgehead atoms. The van der Waals surface area contributed by atoms with Crippen molar-refractivity contribution in [2.75, 3.05) is 9.80 Å². The van der Waals surface area contributed by atoms with Crippen LogP contribution in [0.1, 0.15) is 74.9 Å². The lowest BCUT2D eigenvalue weighted by atomic mass is 9.32. The highest BCUT2D eigenvalue weighted by Gasteiger charge is 2.47. The largest absolute Gasteiger partial charge is 0.311 e. The molecule has 104 heavy (non-hydrogen) atoms. The van der Waals surface area contributed by atoms with Crippen LogP contribution in [0.15, 0.2) is 376 Å². The lowest BCUT2D eigenvalue weighted by Gasteiger charge is -2.45. The SMILES string of the molecule is CC(C)(C)c1ccc2c(c1)c1cc(C(C)(C)C)ccc1n2-c1cc2c3c(c1)N(c1ccc(C(c4ccccc4)(c4ccccc4)c4ccccc4)cc1)c1cccc(-c4ccccc4)c1B3c1cc(-c3ccccc3)ccc1N2c1ccc([Si](c2ccccc2)(c2ccccc2)c2ccccc2)cc1. The number of hydrogen-bond acceptors (Lipinski definition) is 2. The Bertz CT molecular complexity index is 5550. The molecule has 0 unspecified atom stereocenters. The van der Waals surface area contributed by atoms with Crippen LogP contribution in [0.25, 0.3) is 49.7 Å². The van der Waals surface area contributed by atoms with Gasteiger partial charge in [-0.15, -0.1) is 0 Å².